The molecular weight excluding hydrogens is 316 g/mol. The van der Waals surface area contributed by atoms with Crippen LogP contribution in [-0.2, 0) is 4.65 Å². The normalized spacial score (nSPS) is 12.6. The van der Waals surface area contributed by atoms with Crippen molar-refractivity contribution in [1.82, 2.24) is 0 Å². The van der Waals surface area contributed by atoms with E-state index < -0.39 is 7.12 Å². The van der Waals surface area contributed by atoms with Gasteiger partial charge in [-0.15, -0.1) is 0 Å². The molecule has 0 radical (unpaired) electrons. The molecule has 0 amide bonds. The lowest BCUT2D eigenvalue weighted by Gasteiger charge is -2.11. The van der Waals surface area contributed by atoms with Crippen molar-refractivity contribution in [2.75, 3.05) is 7.05 Å². The summed E-state index contributed by atoms with van der Waals surface area (Å²) in [7, 11) is 0.640. The van der Waals surface area contributed by atoms with Gasteiger partial charge < -0.3 is 9.68 Å². The van der Waals surface area contributed by atoms with E-state index in [2.05, 4.69) is 20.9 Å². The monoisotopic (exact) mass is 329 g/mol. The first-order valence-electron chi connectivity index (χ1n) is 5.35. The zero-order valence-electron chi connectivity index (χ0n) is 10.4. The molecule has 0 aliphatic carbocycles. The fraction of sp³-hybridized carbons (Fsp3) is 0.250. The van der Waals surface area contributed by atoms with Crippen LogP contribution in [0.15, 0.2) is 35.0 Å². The molecule has 0 unspecified atom stereocenters. The zero-order chi connectivity index (χ0) is 13.7. The van der Waals surface area contributed by atoms with Crippen molar-refractivity contribution in [3.8, 4) is 0 Å². The highest BCUT2D eigenvalue weighted by atomic mass is 79.9. The summed E-state index contributed by atoms with van der Waals surface area (Å²) in [5.74, 6) is 0.563. The van der Waals surface area contributed by atoms with E-state index in [0.29, 0.717) is 20.9 Å². The molecule has 0 aliphatic rings. The Morgan fingerprint density at radius 2 is 2.22 bits per heavy atom. The predicted molar refractivity (Wildman–Crippen MR) is 80.9 cm³/mol. The second kappa shape index (κ2) is 6.97. The minimum atomic E-state index is -1.02. The van der Waals surface area contributed by atoms with Crippen LogP contribution in [0.25, 0.3) is 0 Å². The lowest BCUT2D eigenvalue weighted by atomic mass is 9.79. The van der Waals surface area contributed by atoms with Crippen molar-refractivity contribution in [3.63, 3.8) is 0 Å². The Balaban J connectivity index is 2.79. The largest absolute Gasteiger partial charge is 0.559 e. The number of halogens is 2. The van der Waals surface area contributed by atoms with E-state index in [4.69, 9.17) is 16.3 Å². The lowest BCUT2D eigenvalue weighted by Crippen LogP contribution is -2.33. The van der Waals surface area contributed by atoms with Crippen molar-refractivity contribution in [3.05, 3.63) is 40.6 Å². The van der Waals surface area contributed by atoms with Gasteiger partial charge in [0.15, 0.2) is 0 Å². The van der Waals surface area contributed by atoms with Crippen LogP contribution in [0.1, 0.15) is 12.5 Å². The van der Waals surface area contributed by atoms with E-state index in [1.807, 2.05) is 6.92 Å². The molecular formula is C12H14BBrClNO2. The van der Waals surface area contributed by atoms with E-state index in [1.54, 1.807) is 38.2 Å². The highest BCUT2D eigenvalue weighted by molar-refractivity contribution is 9.18. The molecule has 0 saturated heterocycles. The molecule has 6 heteroatoms. The molecule has 0 aliphatic heterocycles. The Hall–Kier alpha value is -0.775. The molecule has 1 aromatic carbocycles. The zero-order valence-corrected chi connectivity index (χ0v) is 12.8. The Morgan fingerprint density at radius 3 is 2.78 bits per heavy atom. The number of hydrogen-bond acceptors (Lipinski definition) is 3. The third-order valence-corrected chi connectivity index (χ3v) is 3.31. The van der Waals surface area contributed by atoms with Crippen LogP contribution < -0.4 is 5.46 Å². The molecule has 0 saturated carbocycles. The minimum absolute atomic E-state index is 0.563. The van der Waals surface area contributed by atoms with Crippen LogP contribution in [0.2, 0.25) is 5.02 Å². The first-order valence-corrected chi connectivity index (χ1v) is 6.52. The second-order valence-corrected chi connectivity index (χ2v) is 5.00. The van der Waals surface area contributed by atoms with Gasteiger partial charge in [0.1, 0.15) is 4.62 Å². The van der Waals surface area contributed by atoms with Gasteiger partial charge in [-0.25, -0.2) is 0 Å². The van der Waals surface area contributed by atoms with Crippen molar-refractivity contribution in [2.24, 2.45) is 4.99 Å². The minimum Gasteiger partial charge on any atom is -0.536 e. The van der Waals surface area contributed by atoms with Gasteiger partial charge in [-0.05, 0) is 46.9 Å². The number of hydrogen-bond donors (Lipinski definition) is 1. The fourth-order valence-corrected chi connectivity index (χ4v) is 1.77. The number of aryl methyl sites for hydroxylation is 1. The van der Waals surface area contributed by atoms with Gasteiger partial charge in [0.25, 0.3) is 0 Å². The molecule has 0 heterocycles. The van der Waals surface area contributed by atoms with Crippen LogP contribution in [0.3, 0.4) is 0 Å². The molecule has 0 atom stereocenters. The van der Waals surface area contributed by atoms with Crippen molar-refractivity contribution in [2.45, 2.75) is 13.8 Å². The summed E-state index contributed by atoms with van der Waals surface area (Å²) in [6.07, 6.45) is 1.69. The average Bonchev–Trinajstić information content (AvgIpc) is 2.32. The Labute approximate surface area is 121 Å². The third-order valence-electron chi connectivity index (χ3n) is 2.30. The van der Waals surface area contributed by atoms with Crippen molar-refractivity contribution in [1.29, 1.82) is 0 Å². The van der Waals surface area contributed by atoms with Crippen molar-refractivity contribution < 1.29 is 9.68 Å². The molecule has 96 valence electrons. The highest BCUT2D eigenvalue weighted by Crippen LogP contribution is 2.12. The molecule has 0 fully saturated rings. The molecule has 0 spiro atoms. The van der Waals surface area contributed by atoms with Gasteiger partial charge in [0, 0.05) is 18.1 Å². The Morgan fingerprint density at radius 1 is 1.56 bits per heavy atom. The van der Waals surface area contributed by atoms with Gasteiger partial charge in [0.05, 0.1) is 5.76 Å². The van der Waals surface area contributed by atoms with Gasteiger partial charge in [-0.1, -0.05) is 23.7 Å². The molecule has 18 heavy (non-hydrogen) atoms. The molecule has 1 N–H and O–H groups in total. The molecule has 1 aromatic rings. The summed E-state index contributed by atoms with van der Waals surface area (Å²) < 4.78 is 6.02. The Kier molecular flexibility index (Phi) is 5.92. The van der Waals surface area contributed by atoms with E-state index in [-0.39, 0.29) is 0 Å². The standard InChI is InChI=1S/C12H14BBrClNO2/c1-8-6-10(4-5-11(8)15)13(17)18-9(2)7-12(14)16-3/h4-7,17H,1-3H3/b9-7+,16-12+. The lowest BCUT2D eigenvalue weighted by molar-refractivity contribution is 0.353. The first-order chi connectivity index (χ1) is 8.43. The summed E-state index contributed by atoms with van der Waals surface area (Å²) >= 11 is 9.16. The fourth-order valence-electron chi connectivity index (χ4n) is 1.33. The van der Waals surface area contributed by atoms with Crippen LogP contribution in [0.4, 0.5) is 0 Å². The maximum atomic E-state index is 9.93. The highest BCUT2D eigenvalue weighted by Gasteiger charge is 2.19. The molecule has 0 aromatic heterocycles. The molecule has 1 rings (SSSR count). The number of benzene rings is 1. The van der Waals surface area contributed by atoms with E-state index >= 15 is 0 Å². The van der Waals surface area contributed by atoms with Crippen LogP contribution in [0, 0.1) is 6.92 Å². The van der Waals surface area contributed by atoms with Crippen LogP contribution >= 0.6 is 27.5 Å². The van der Waals surface area contributed by atoms with Crippen molar-refractivity contribution >= 4 is 44.7 Å². The molecule has 0 bridgehead atoms. The van der Waals surface area contributed by atoms with Gasteiger partial charge in [-0.2, -0.15) is 0 Å². The predicted octanol–water partition coefficient (Wildman–Crippen LogP) is 2.68. The maximum absolute atomic E-state index is 9.93. The number of rotatable bonds is 4. The number of allylic oxidation sites excluding steroid dienone is 2. The second-order valence-electron chi connectivity index (χ2n) is 3.78. The average molecular weight is 330 g/mol. The smallest absolute Gasteiger partial charge is 0.536 e. The summed E-state index contributed by atoms with van der Waals surface area (Å²) in [6.45, 7) is 3.63. The topological polar surface area (TPSA) is 41.8 Å². The maximum Gasteiger partial charge on any atom is 0.559 e. The quantitative estimate of drug-likeness (QED) is 0.524. The van der Waals surface area contributed by atoms with Crippen LogP contribution in [0.5, 0.6) is 0 Å². The van der Waals surface area contributed by atoms with Gasteiger partial charge in [-0.3, -0.25) is 4.99 Å². The SMILES string of the molecule is C/N=C(Br)\C=C(/C)OB(O)c1ccc(Cl)c(C)c1. The number of aliphatic imine (C=N–C) groups is 1. The first kappa shape index (κ1) is 15.3. The van der Waals surface area contributed by atoms with E-state index in [1.165, 1.54) is 0 Å². The summed E-state index contributed by atoms with van der Waals surface area (Å²) in [6, 6.07) is 5.26. The van der Waals surface area contributed by atoms with Gasteiger partial charge in [0.2, 0.25) is 0 Å². The van der Waals surface area contributed by atoms with Gasteiger partial charge >= 0.3 is 7.12 Å². The molecule has 3 nitrogen and oxygen atoms in total. The third kappa shape index (κ3) is 4.48. The van der Waals surface area contributed by atoms with E-state index in [9.17, 15) is 5.02 Å². The van der Waals surface area contributed by atoms with Crippen LogP contribution in [-0.4, -0.2) is 23.8 Å². The summed E-state index contributed by atoms with van der Waals surface area (Å²) in [5, 5.41) is 10.6. The Bertz CT molecular complexity index is 491. The van der Waals surface area contributed by atoms with E-state index in [0.717, 1.165) is 5.56 Å². The summed E-state index contributed by atoms with van der Waals surface area (Å²) in [4.78, 5) is 3.91. The summed E-state index contributed by atoms with van der Waals surface area (Å²) in [5.41, 5.74) is 1.56. The number of nitrogens with zero attached hydrogens (tertiary/aromatic N) is 1.